The van der Waals surface area contributed by atoms with Crippen LogP contribution in [-0.4, -0.2) is 36.5 Å². The van der Waals surface area contributed by atoms with Crippen molar-refractivity contribution in [3.8, 4) is 0 Å². The van der Waals surface area contributed by atoms with Crippen molar-refractivity contribution in [2.24, 2.45) is 0 Å². The van der Waals surface area contributed by atoms with Gasteiger partial charge in [-0.1, -0.05) is 12.5 Å². The summed E-state index contributed by atoms with van der Waals surface area (Å²) in [5.41, 5.74) is 0.380. The Morgan fingerprint density at radius 1 is 1.37 bits per heavy atom. The van der Waals surface area contributed by atoms with E-state index in [9.17, 15) is 9.18 Å². The molecule has 1 unspecified atom stereocenters. The Morgan fingerprint density at radius 2 is 2.11 bits per heavy atom. The van der Waals surface area contributed by atoms with Crippen LogP contribution in [0, 0.1) is 5.82 Å². The van der Waals surface area contributed by atoms with Crippen molar-refractivity contribution in [2.75, 3.05) is 19.6 Å². The van der Waals surface area contributed by atoms with Gasteiger partial charge in [-0.15, -0.1) is 0 Å². The van der Waals surface area contributed by atoms with Gasteiger partial charge in [0.05, 0.1) is 0 Å². The van der Waals surface area contributed by atoms with Crippen LogP contribution in [-0.2, 0) is 0 Å². The van der Waals surface area contributed by atoms with Gasteiger partial charge in [0.25, 0.3) is 5.91 Å². The molecule has 19 heavy (non-hydrogen) atoms. The van der Waals surface area contributed by atoms with Crippen LogP contribution in [0.25, 0.3) is 0 Å². The number of piperidine rings is 1. The van der Waals surface area contributed by atoms with Gasteiger partial charge in [0, 0.05) is 18.2 Å². The molecule has 1 fully saturated rings. The Balaban J connectivity index is 1.82. The number of carbonyl (C=O) groups excluding carboxylic acids is 1. The first-order valence-corrected chi connectivity index (χ1v) is 6.94. The fourth-order valence-corrected chi connectivity index (χ4v) is 2.46. The zero-order valence-corrected chi connectivity index (χ0v) is 11.4. The number of halogens is 1. The lowest BCUT2D eigenvalue weighted by atomic mass is 10.1. The van der Waals surface area contributed by atoms with Crippen molar-refractivity contribution >= 4 is 5.91 Å². The Bertz CT molecular complexity index is 430. The van der Waals surface area contributed by atoms with Gasteiger partial charge in [-0.05, 0) is 51.1 Å². The normalized spacial score (nSPS) is 18.0. The summed E-state index contributed by atoms with van der Waals surface area (Å²) >= 11 is 0. The number of nitrogens with zero attached hydrogens (tertiary/aromatic N) is 1. The lowest BCUT2D eigenvalue weighted by Gasteiger charge is -2.32. The molecule has 0 bridgehead atoms. The van der Waals surface area contributed by atoms with E-state index in [-0.39, 0.29) is 11.7 Å². The van der Waals surface area contributed by atoms with Crippen LogP contribution < -0.4 is 5.32 Å². The molecule has 1 aromatic rings. The highest BCUT2D eigenvalue weighted by Crippen LogP contribution is 2.11. The first-order valence-electron chi connectivity index (χ1n) is 6.94. The lowest BCUT2D eigenvalue weighted by Crippen LogP contribution is -2.44. The number of rotatable bonds is 4. The number of carbonyl (C=O) groups is 1. The van der Waals surface area contributed by atoms with Gasteiger partial charge in [-0.2, -0.15) is 0 Å². The smallest absolute Gasteiger partial charge is 0.251 e. The van der Waals surface area contributed by atoms with E-state index in [1.807, 2.05) is 0 Å². The molecule has 0 saturated carbocycles. The zero-order valence-electron chi connectivity index (χ0n) is 11.4. The molecular weight excluding hydrogens is 243 g/mol. The maximum atomic E-state index is 13.0. The first-order chi connectivity index (χ1) is 9.16. The summed E-state index contributed by atoms with van der Waals surface area (Å²) in [6.45, 7) is 4.94. The molecule has 3 nitrogen and oxygen atoms in total. The second-order valence-corrected chi connectivity index (χ2v) is 5.17. The number of likely N-dealkylation sites (tertiary alicyclic amines) is 1. The number of nitrogens with one attached hydrogen (secondary N) is 1. The van der Waals surface area contributed by atoms with Crippen molar-refractivity contribution in [3.63, 3.8) is 0 Å². The molecule has 1 saturated heterocycles. The minimum absolute atomic E-state index is 0.205. The maximum absolute atomic E-state index is 13.0. The highest BCUT2D eigenvalue weighted by Gasteiger charge is 2.17. The van der Waals surface area contributed by atoms with Crippen molar-refractivity contribution in [2.45, 2.75) is 32.2 Å². The molecule has 1 aliphatic rings. The third-order valence-corrected chi connectivity index (χ3v) is 3.66. The number of hydrogen-bond donors (Lipinski definition) is 1. The third kappa shape index (κ3) is 4.03. The quantitative estimate of drug-likeness (QED) is 0.906. The highest BCUT2D eigenvalue weighted by atomic mass is 19.1. The summed E-state index contributed by atoms with van der Waals surface area (Å²) in [4.78, 5) is 14.3. The topological polar surface area (TPSA) is 32.3 Å². The van der Waals surface area contributed by atoms with Crippen molar-refractivity contribution in [1.82, 2.24) is 10.2 Å². The summed E-state index contributed by atoms with van der Waals surface area (Å²) in [6.07, 6.45) is 3.78. The van der Waals surface area contributed by atoms with E-state index in [0.717, 1.165) is 13.1 Å². The van der Waals surface area contributed by atoms with Crippen LogP contribution in [0.3, 0.4) is 0 Å². The Labute approximate surface area is 113 Å². The highest BCUT2D eigenvalue weighted by molar-refractivity contribution is 5.94. The van der Waals surface area contributed by atoms with E-state index in [0.29, 0.717) is 18.2 Å². The Hall–Kier alpha value is -1.42. The largest absolute Gasteiger partial charge is 0.350 e. The summed E-state index contributed by atoms with van der Waals surface area (Å²) in [5.74, 6) is -0.583. The van der Waals surface area contributed by atoms with E-state index in [1.165, 1.54) is 31.4 Å². The Morgan fingerprint density at radius 3 is 2.79 bits per heavy atom. The molecular formula is C15H21FN2O. The van der Waals surface area contributed by atoms with Gasteiger partial charge < -0.3 is 5.32 Å². The second kappa shape index (κ2) is 6.66. The molecule has 1 aromatic carbocycles. The molecule has 0 aromatic heterocycles. The number of amides is 1. The summed E-state index contributed by atoms with van der Waals surface area (Å²) < 4.78 is 13.0. The van der Waals surface area contributed by atoms with Crippen LogP contribution in [0.2, 0.25) is 0 Å². The van der Waals surface area contributed by atoms with Gasteiger partial charge in [0.2, 0.25) is 0 Å². The van der Waals surface area contributed by atoms with Gasteiger partial charge in [0.1, 0.15) is 5.82 Å². The van der Waals surface area contributed by atoms with Crippen molar-refractivity contribution < 1.29 is 9.18 Å². The van der Waals surface area contributed by atoms with Gasteiger partial charge in [0.15, 0.2) is 0 Å². The maximum Gasteiger partial charge on any atom is 0.251 e. The molecule has 4 heteroatoms. The van der Waals surface area contributed by atoms with Crippen LogP contribution in [0.4, 0.5) is 4.39 Å². The number of hydrogen-bond acceptors (Lipinski definition) is 2. The molecule has 1 amide bonds. The van der Waals surface area contributed by atoms with Crippen LogP contribution in [0.1, 0.15) is 36.5 Å². The standard InChI is InChI=1S/C15H21FN2O/c1-12(18-8-3-2-4-9-18)11-17-15(19)13-6-5-7-14(16)10-13/h5-7,10,12H,2-4,8-9,11H2,1H3,(H,17,19). The predicted octanol–water partition coefficient (Wildman–Crippen LogP) is 2.43. The molecule has 1 aliphatic heterocycles. The lowest BCUT2D eigenvalue weighted by molar-refractivity contribution is 0.0929. The minimum atomic E-state index is -0.378. The molecule has 1 atom stereocenters. The van der Waals surface area contributed by atoms with Crippen molar-refractivity contribution in [3.05, 3.63) is 35.6 Å². The van der Waals surface area contributed by atoms with Gasteiger partial charge in [-0.3, -0.25) is 9.69 Å². The molecule has 1 N–H and O–H groups in total. The van der Waals surface area contributed by atoms with Crippen LogP contribution >= 0.6 is 0 Å². The molecule has 0 aliphatic carbocycles. The fraction of sp³-hybridized carbons (Fsp3) is 0.533. The number of benzene rings is 1. The molecule has 0 spiro atoms. The van der Waals surface area contributed by atoms with E-state index < -0.39 is 0 Å². The molecule has 1 heterocycles. The average Bonchev–Trinajstić information content (AvgIpc) is 2.45. The van der Waals surface area contributed by atoms with Gasteiger partial charge in [-0.25, -0.2) is 4.39 Å². The fourth-order valence-electron chi connectivity index (χ4n) is 2.46. The molecule has 2 rings (SSSR count). The first kappa shape index (κ1) is 14.0. The predicted molar refractivity (Wildman–Crippen MR) is 73.6 cm³/mol. The van der Waals surface area contributed by atoms with Gasteiger partial charge >= 0.3 is 0 Å². The third-order valence-electron chi connectivity index (χ3n) is 3.66. The van der Waals surface area contributed by atoms with Crippen LogP contribution in [0.15, 0.2) is 24.3 Å². The average molecular weight is 264 g/mol. The van der Waals surface area contributed by atoms with E-state index in [1.54, 1.807) is 12.1 Å². The van der Waals surface area contributed by atoms with E-state index >= 15 is 0 Å². The zero-order chi connectivity index (χ0) is 13.7. The van der Waals surface area contributed by atoms with Crippen molar-refractivity contribution in [1.29, 1.82) is 0 Å². The van der Waals surface area contributed by atoms with Crippen LogP contribution in [0.5, 0.6) is 0 Å². The second-order valence-electron chi connectivity index (χ2n) is 5.17. The molecule has 0 radical (unpaired) electrons. The summed E-state index contributed by atoms with van der Waals surface area (Å²) in [6, 6.07) is 6.12. The Kier molecular flexibility index (Phi) is 4.91. The SMILES string of the molecule is CC(CNC(=O)c1cccc(F)c1)N1CCCCC1. The molecule has 104 valence electrons. The summed E-state index contributed by atoms with van der Waals surface area (Å²) in [7, 11) is 0. The summed E-state index contributed by atoms with van der Waals surface area (Å²) in [5, 5.41) is 2.88. The van der Waals surface area contributed by atoms with E-state index in [4.69, 9.17) is 0 Å². The monoisotopic (exact) mass is 264 g/mol. The minimum Gasteiger partial charge on any atom is -0.350 e. The van der Waals surface area contributed by atoms with E-state index in [2.05, 4.69) is 17.1 Å².